The molecule has 2 aliphatic heterocycles. The molecule has 0 saturated carbocycles. The number of carbonyl (C=O) groups excluding carboxylic acids is 3. The molecule has 3 amide bonds. The molecule has 0 spiro atoms. The van der Waals surface area contributed by atoms with E-state index in [0.717, 1.165) is 0 Å². The lowest BCUT2D eigenvalue weighted by atomic mass is 10.1. The maximum absolute atomic E-state index is 12.7. The summed E-state index contributed by atoms with van der Waals surface area (Å²) in [5.41, 5.74) is 1.29. The number of hydrogen-bond donors (Lipinski definition) is 1. The molecule has 2 fully saturated rings. The Kier molecular flexibility index (Phi) is 5.23. The first kappa shape index (κ1) is 19.3. The van der Waals surface area contributed by atoms with E-state index in [1.54, 1.807) is 36.2 Å². The van der Waals surface area contributed by atoms with Crippen molar-refractivity contribution in [3.8, 4) is 0 Å². The van der Waals surface area contributed by atoms with Crippen molar-refractivity contribution < 1.29 is 22.8 Å². The molecule has 9 heteroatoms. The maximum Gasteiger partial charge on any atom is 0.228 e. The molecule has 2 atom stereocenters. The Labute approximate surface area is 158 Å². The second-order valence-electron chi connectivity index (χ2n) is 7.14. The van der Waals surface area contributed by atoms with E-state index >= 15 is 0 Å². The second-order valence-corrected chi connectivity index (χ2v) is 9.37. The molecule has 1 aromatic rings. The molecule has 146 valence electrons. The van der Waals surface area contributed by atoms with E-state index in [0.29, 0.717) is 17.8 Å². The third kappa shape index (κ3) is 4.29. The van der Waals surface area contributed by atoms with Gasteiger partial charge in [-0.1, -0.05) is 0 Å². The van der Waals surface area contributed by atoms with Crippen LogP contribution in [0.1, 0.15) is 19.8 Å². The summed E-state index contributed by atoms with van der Waals surface area (Å²) < 4.78 is 23.3. The lowest BCUT2D eigenvalue weighted by Gasteiger charge is -2.26. The molecule has 0 aromatic heterocycles. The van der Waals surface area contributed by atoms with Crippen LogP contribution >= 0.6 is 0 Å². The molecule has 0 radical (unpaired) electrons. The van der Waals surface area contributed by atoms with Gasteiger partial charge in [-0.15, -0.1) is 0 Å². The molecular weight excluding hydrogens is 370 g/mol. The second kappa shape index (κ2) is 7.30. The van der Waals surface area contributed by atoms with Crippen LogP contribution in [0, 0.1) is 5.92 Å². The average molecular weight is 393 g/mol. The van der Waals surface area contributed by atoms with Crippen LogP contribution in [0.2, 0.25) is 0 Å². The molecule has 2 heterocycles. The van der Waals surface area contributed by atoms with E-state index in [2.05, 4.69) is 5.32 Å². The number of nitrogens with one attached hydrogen (secondary N) is 1. The molecule has 0 bridgehead atoms. The van der Waals surface area contributed by atoms with Crippen molar-refractivity contribution >= 4 is 38.9 Å². The Hall–Kier alpha value is -2.42. The Morgan fingerprint density at radius 1 is 1.22 bits per heavy atom. The van der Waals surface area contributed by atoms with Crippen LogP contribution < -0.4 is 10.2 Å². The molecule has 8 nitrogen and oxygen atoms in total. The zero-order chi connectivity index (χ0) is 19.8. The van der Waals surface area contributed by atoms with Gasteiger partial charge in [-0.2, -0.15) is 0 Å². The summed E-state index contributed by atoms with van der Waals surface area (Å²) in [6, 6.07) is 6.54. The number of hydrogen-bond acceptors (Lipinski definition) is 5. The van der Waals surface area contributed by atoms with Crippen LogP contribution in [-0.2, 0) is 24.2 Å². The van der Waals surface area contributed by atoms with E-state index in [-0.39, 0.29) is 48.2 Å². The molecule has 1 aromatic carbocycles. The Balaban J connectivity index is 1.66. The molecule has 2 aliphatic rings. The van der Waals surface area contributed by atoms with E-state index in [4.69, 9.17) is 0 Å². The van der Waals surface area contributed by atoms with Gasteiger partial charge in [-0.3, -0.25) is 14.4 Å². The van der Waals surface area contributed by atoms with Gasteiger partial charge in [0.25, 0.3) is 0 Å². The number of sulfone groups is 1. The third-order valence-electron chi connectivity index (χ3n) is 5.08. The molecule has 2 unspecified atom stereocenters. The highest BCUT2D eigenvalue weighted by Gasteiger charge is 2.40. The standard InChI is InChI=1S/C18H23N3O5S/c1-12(22)19-14-3-5-15(6-4-14)21-10-13(9-17(21)23)18(24)20(2)16-7-8-27(25,26)11-16/h3-6,13,16H,7-11H2,1-2H3,(H,19,22). The smallest absolute Gasteiger partial charge is 0.228 e. The molecule has 0 aliphatic carbocycles. The monoisotopic (exact) mass is 393 g/mol. The summed E-state index contributed by atoms with van der Waals surface area (Å²) >= 11 is 0. The van der Waals surface area contributed by atoms with Crippen molar-refractivity contribution in [2.24, 2.45) is 5.92 Å². The summed E-state index contributed by atoms with van der Waals surface area (Å²) in [5.74, 6) is -0.907. The van der Waals surface area contributed by atoms with E-state index < -0.39 is 15.8 Å². The van der Waals surface area contributed by atoms with Gasteiger partial charge >= 0.3 is 0 Å². The van der Waals surface area contributed by atoms with Crippen molar-refractivity contribution in [2.75, 3.05) is 35.3 Å². The fourth-order valence-corrected chi connectivity index (χ4v) is 5.37. The van der Waals surface area contributed by atoms with Gasteiger partial charge in [0.1, 0.15) is 0 Å². The number of anilines is 2. The predicted octanol–water partition coefficient (Wildman–Crippen LogP) is 0.643. The minimum Gasteiger partial charge on any atom is -0.341 e. The Morgan fingerprint density at radius 2 is 1.89 bits per heavy atom. The van der Waals surface area contributed by atoms with Crippen LogP contribution in [0.25, 0.3) is 0 Å². The van der Waals surface area contributed by atoms with Gasteiger partial charge in [-0.25, -0.2) is 8.42 Å². The van der Waals surface area contributed by atoms with E-state index in [1.165, 1.54) is 11.8 Å². The largest absolute Gasteiger partial charge is 0.341 e. The summed E-state index contributed by atoms with van der Waals surface area (Å²) in [7, 11) is -1.46. The third-order valence-corrected chi connectivity index (χ3v) is 6.83. The maximum atomic E-state index is 12.7. The van der Waals surface area contributed by atoms with Gasteiger partial charge in [0.2, 0.25) is 17.7 Å². The van der Waals surface area contributed by atoms with Crippen molar-refractivity contribution in [2.45, 2.75) is 25.8 Å². The Morgan fingerprint density at radius 3 is 2.44 bits per heavy atom. The SMILES string of the molecule is CC(=O)Nc1ccc(N2CC(C(=O)N(C)C3CCS(=O)(=O)C3)CC2=O)cc1. The van der Waals surface area contributed by atoms with Crippen molar-refractivity contribution in [1.82, 2.24) is 4.90 Å². The summed E-state index contributed by atoms with van der Waals surface area (Å²) in [5, 5.41) is 2.66. The minimum absolute atomic E-state index is 0.00969. The highest BCUT2D eigenvalue weighted by atomic mass is 32.2. The lowest BCUT2D eigenvalue weighted by Crippen LogP contribution is -2.42. The van der Waals surface area contributed by atoms with Gasteiger partial charge in [-0.05, 0) is 30.7 Å². The zero-order valence-electron chi connectivity index (χ0n) is 15.3. The van der Waals surface area contributed by atoms with Crippen molar-refractivity contribution in [3.05, 3.63) is 24.3 Å². The topological polar surface area (TPSA) is 104 Å². The first-order valence-electron chi connectivity index (χ1n) is 8.81. The normalized spacial score (nSPS) is 24.1. The summed E-state index contributed by atoms with van der Waals surface area (Å²) in [6.07, 6.45) is 0.551. The highest BCUT2D eigenvalue weighted by molar-refractivity contribution is 7.91. The fraction of sp³-hybridized carbons (Fsp3) is 0.500. The van der Waals surface area contributed by atoms with Crippen molar-refractivity contribution in [1.29, 1.82) is 0 Å². The molecular formula is C18H23N3O5S. The van der Waals surface area contributed by atoms with Crippen LogP contribution in [0.5, 0.6) is 0 Å². The van der Waals surface area contributed by atoms with E-state index in [1.807, 2.05) is 0 Å². The quantitative estimate of drug-likeness (QED) is 0.809. The zero-order valence-corrected chi connectivity index (χ0v) is 16.2. The van der Waals surface area contributed by atoms with Crippen LogP contribution in [-0.4, -0.2) is 62.2 Å². The molecule has 2 saturated heterocycles. The van der Waals surface area contributed by atoms with Gasteiger partial charge in [0, 0.05) is 44.4 Å². The first-order valence-corrected chi connectivity index (χ1v) is 10.6. The van der Waals surface area contributed by atoms with E-state index in [9.17, 15) is 22.8 Å². The van der Waals surface area contributed by atoms with Gasteiger partial charge < -0.3 is 15.1 Å². The molecule has 3 rings (SSSR count). The van der Waals surface area contributed by atoms with Gasteiger partial charge in [0.05, 0.1) is 17.4 Å². The molecule has 27 heavy (non-hydrogen) atoms. The Bertz CT molecular complexity index is 865. The number of nitrogens with zero attached hydrogens (tertiary/aromatic N) is 2. The number of carbonyl (C=O) groups is 3. The van der Waals surface area contributed by atoms with Crippen molar-refractivity contribution in [3.63, 3.8) is 0 Å². The van der Waals surface area contributed by atoms with Crippen LogP contribution in [0.4, 0.5) is 11.4 Å². The minimum atomic E-state index is -3.08. The average Bonchev–Trinajstić information content (AvgIpc) is 3.16. The molecule has 1 N–H and O–H groups in total. The number of amides is 3. The number of rotatable bonds is 4. The fourth-order valence-electron chi connectivity index (χ4n) is 3.60. The lowest BCUT2D eigenvalue weighted by molar-refractivity contribution is -0.136. The predicted molar refractivity (Wildman–Crippen MR) is 101 cm³/mol. The summed E-state index contributed by atoms with van der Waals surface area (Å²) in [4.78, 5) is 39.3. The first-order chi connectivity index (χ1) is 12.7. The van der Waals surface area contributed by atoms with Crippen LogP contribution in [0.15, 0.2) is 24.3 Å². The van der Waals surface area contributed by atoms with Crippen LogP contribution in [0.3, 0.4) is 0 Å². The summed E-state index contributed by atoms with van der Waals surface area (Å²) in [6.45, 7) is 1.68. The van der Waals surface area contributed by atoms with Gasteiger partial charge in [0.15, 0.2) is 9.84 Å². The number of benzene rings is 1. The highest BCUT2D eigenvalue weighted by Crippen LogP contribution is 2.28.